The minimum atomic E-state index is 0.417. The molecule has 0 aliphatic rings. The van der Waals surface area contributed by atoms with Gasteiger partial charge in [-0.2, -0.15) is 10.2 Å². The Morgan fingerprint density at radius 1 is 1.31 bits per heavy atom. The van der Waals surface area contributed by atoms with E-state index < -0.39 is 0 Å². The van der Waals surface area contributed by atoms with Gasteiger partial charge in [-0.25, -0.2) is 9.67 Å². The summed E-state index contributed by atoms with van der Waals surface area (Å²) in [5, 5.41) is 14.6. The number of rotatable bonds is 1. The van der Waals surface area contributed by atoms with Crippen molar-refractivity contribution in [3.63, 3.8) is 0 Å². The zero-order valence-electron chi connectivity index (χ0n) is 8.75. The molecule has 0 unspecified atom stereocenters. The summed E-state index contributed by atoms with van der Waals surface area (Å²) in [5.74, 6) is 0.417. The van der Waals surface area contributed by atoms with Crippen molar-refractivity contribution in [1.82, 2.24) is 25.0 Å². The summed E-state index contributed by atoms with van der Waals surface area (Å²) >= 11 is 0. The number of nitrogens with two attached hydrogens (primary N) is 1. The minimum Gasteiger partial charge on any atom is -0.382 e. The van der Waals surface area contributed by atoms with Crippen LogP contribution in [0.2, 0.25) is 0 Å². The summed E-state index contributed by atoms with van der Waals surface area (Å²) < 4.78 is 1.83. The maximum atomic E-state index is 5.83. The summed E-state index contributed by atoms with van der Waals surface area (Å²) in [4.78, 5) is 4.36. The molecular weight excluding hydrogens is 204 g/mol. The molecule has 3 aromatic rings. The number of aryl methyl sites for hydroxylation is 1. The predicted octanol–water partition coefficient (Wildman–Crippen LogP) is 0.977. The van der Waals surface area contributed by atoms with E-state index in [9.17, 15) is 0 Å². The Hall–Kier alpha value is -2.24. The molecule has 0 saturated heterocycles. The number of aromatic nitrogens is 5. The molecular formula is C10H10N6. The molecule has 2 N–H and O–H groups in total. The third-order valence-electron chi connectivity index (χ3n) is 2.61. The normalized spacial score (nSPS) is 11.3. The van der Waals surface area contributed by atoms with E-state index >= 15 is 0 Å². The third kappa shape index (κ3) is 1.06. The molecule has 0 aliphatic carbocycles. The zero-order valence-corrected chi connectivity index (χ0v) is 8.75. The fraction of sp³-hybridized carbons (Fsp3) is 0.200. The van der Waals surface area contributed by atoms with Gasteiger partial charge < -0.3 is 5.73 Å². The van der Waals surface area contributed by atoms with Gasteiger partial charge in [0.15, 0.2) is 11.5 Å². The van der Waals surface area contributed by atoms with Crippen molar-refractivity contribution in [3.8, 4) is 0 Å². The van der Waals surface area contributed by atoms with Crippen LogP contribution < -0.4 is 5.73 Å². The largest absolute Gasteiger partial charge is 0.382 e. The van der Waals surface area contributed by atoms with E-state index in [0.717, 1.165) is 28.4 Å². The Morgan fingerprint density at radius 2 is 2.19 bits per heavy atom. The highest BCUT2D eigenvalue weighted by atomic mass is 15.3. The van der Waals surface area contributed by atoms with Gasteiger partial charge in [0.2, 0.25) is 0 Å². The van der Waals surface area contributed by atoms with E-state index in [1.807, 2.05) is 11.6 Å². The van der Waals surface area contributed by atoms with Gasteiger partial charge in [0.25, 0.3) is 0 Å². The molecule has 6 heteroatoms. The fourth-order valence-electron chi connectivity index (χ4n) is 1.86. The number of pyridine rings is 1. The summed E-state index contributed by atoms with van der Waals surface area (Å²) in [5.41, 5.74) is 6.66. The Morgan fingerprint density at radius 3 is 3.00 bits per heavy atom. The van der Waals surface area contributed by atoms with E-state index in [0.29, 0.717) is 5.82 Å². The first-order valence-corrected chi connectivity index (χ1v) is 5.02. The van der Waals surface area contributed by atoms with Crippen molar-refractivity contribution in [2.45, 2.75) is 13.5 Å². The molecule has 0 aromatic carbocycles. The van der Waals surface area contributed by atoms with Crippen LogP contribution in [0.1, 0.15) is 6.92 Å². The van der Waals surface area contributed by atoms with Crippen LogP contribution in [0.5, 0.6) is 0 Å². The molecule has 0 bridgehead atoms. The first kappa shape index (κ1) is 9.02. The van der Waals surface area contributed by atoms with Crippen LogP contribution in [0.3, 0.4) is 0 Å². The lowest BCUT2D eigenvalue weighted by Gasteiger charge is -2.01. The van der Waals surface area contributed by atoms with Crippen LogP contribution in [0.4, 0.5) is 5.82 Å². The molecule has 3 rings (SSSR count). The smallest absolute Gasteiger partial charge is 0.158 e. The van der Waals surface area contributed by atoms with Crippen molar-refractivity contribution in [2.24, 2.45) is 0 Å². The van der Waals surface area contributed by atoms with Crippen molar-refractivity contribution in [2.75, 3.05) is 5.73 Å². The van der Waals surface area contributed by atoms with E-state index in [2.05, 4.69) is 20.3 Å². The molecule has 0 amide bonds. The molecule has 0 saturated carbocycles. The quantitative estimate of drug-likeness (QED) is 0.652. The lowest BCUT2D eigenvalue weighted by molar-refractivity contribution is 0.677. The summed E-state index contributed by atoms with van der Waals surface area (Å²) in [6.45, 7) is 2.80. The Kier molecular flexibility index (Phi) is 1.76. The average Bonchev–Trinajstić information content (AvgIpc) is 2.72. The van der Waals surface area contributed by atoms with Crippen LogP contribution >= 0.6 is 0 Å². The van der Waals surface area contributed by atoms with Gasteiger partial charge in [-0.15, -0.1) is 5.10 Å². The van der Waals surface area contributed by atoms with Crippen molar-refractivity contribution >= 4 is 27.6 Å². The number of nitrogens with zero attached hydrogens (tertiary/aromatic N) is 5. The highest BCUT2D eigenvalue weighted by Crippen LogP contribution is 2.25. The second-order valence-corrected chi connectivity index (χ2v) is 3.52. The SMILES string of the molecule is CCn1ncc2c3c(N)nncc3cnc21. The number of nitrogen functional groups attached to an aromatic ring is 1. The Labute approximate surface area is 91.1 Å². The standard InChI is InChI=1S/C10H10N6/c1-2-16-10-7(5-14-16)8-6(3-12-10)4-13-15-9(8)11/h3-5H,2H2,1H3,(H2,11,15). The molecule has 16 heavy (non-hydrogen) atoms. The van der Waals surface area contributed by atoms with Crippen LogP contribution in [-0.4, -0.2) is 25.0 Å². The predicted molar refractivity (Wildman–Crippen MR) is 60.7 cm³/mol. The van der Waals surface area contributed by atoms with Crippen molar-refractivity contribution in [1.29, 1.82) is 0 Å². The number of hydrogen-bond donors (Lipinski definition) is 1. The maximum absolute atomic E-state index is 5.83. The van der Waals surface area contributed by atoms with Gasteiger partial charge in [-0.05, 0) is 6.92 Å². The summed E-state index contributed by atoms with van der Waals surface area (Å²) in [6, 6.07) is 0. The first-order chi connectivity index (χ1) is 7.81. The molecule has 6 nitrogen and oxygen atoms in total. The van der Waals surface area contributed by atoms with Crippen molar-refractivity contribution in [3.05, 3.63) is 18.6 Å². The monoisotopic (exact) mass is 214 g/mol. The topological polar surface area (TPSA) is 82.5 Å². The maximum Gasteiger partial charge on any atom is 0.158 e. The lowest BCUT2D eigenvalue weighted by atomic mass is 10.2. The van der Waals surface area contributed by atoms with Crippen molar-refractivity contribution < 1.29 is 0 Å². The first-order valence-electron chi connectivity index (χ1n) is 5.02. The van der Waals surface area contributed by atoms with Gasteiger partial charge in [0, 0.05) is 23.5 Å². The van der Waals surface area contributed by atoms with Crippen LogP contribution in [-0.2, 0) is 6.54 Å². The number of hydrogen-bond acceptors (Lipinski definition) is 5. The molecule has 0 fully saturated rings. The number of anilines is 1. The Balaban J connectivity index is 2.54. The van der Waals surface area contributed by atoms with Crippen LogP contribution in [0.15, 0.2) is 18.6 Å². The van der Waals surface area contributed by atoms with E-state index in [-0.39, 0.29) is 0 Å². The molecule has 0 aliphatic heterocycles. The van der Waals surface area contributed by atoms with Gasteiger partial charge in [0.1, 0.15) is 0 Å². The van der Waals surface area contributed by atoms with Crippen LogP contribution in [0.25, 0.3) is 21.8 Å². The minimum absolute atomic E-state index is 0.417. The fourth-order valence-corrected chi connectivity index (χ4v) is 1.86. The molecule has 3 aromatic heterocycles. The molecule has 3 heterocycles. The summed E-state index contributed by atoms with van der Waals surface area (Å²) in [6.07, 6.45) is 5.17. The van der Waals surface area contributed by atoms with E-state index in [1.165, 1.54) is 0 Å². The zero-order chi connectivity index (χ0) is 11.1. The molecule has 0 radical (unpaired) electrons. The third-order valence-corrected chi connectivity index (χ3v) is 2.61. The molecule has 0 atom stereocenters. The van der Waals surface area contributed by atoms with Crippen LogP contribution in [0, 0.1) is 0 Å². The van der Waals surface area contributed by atoms with E-state index in [1.54, 1.807) is 18.6 Å². The average molecular weight is 214 g/mol. The highest BCUT2D eigenvalue weighted by molar-refractivity contribution is 6.08. The number of fused-ring (bicyclic) bond motifs is 3. The second-order valence-electron chi connectivity index (χ2n) is 3.52. The lowest BCUT2D eigenvalue weighted by Crippen LogP contribution is -1.98. The van der Waals surface area contributed by atoms with Gasteiger partial charge in [-0.1, -0.05) is 0 Å². The molecule has 0 spiro atoms. The van der Waals surface area contributed by atoms with E-state index in [4.69, 9.17) is 5.73 Å². The molecule has 80 valence electrons. The van der Waals surface area contributed by atoms with Gasteiger partial charge in [0.05, 0.1) is 17.8 Å². The second kappa shape index (κ2) is 3.13. The summed E-state index contributed by atoms with van der Waals surface area (Å²) in [7, 11) is 0. The van der Waals surface area contributed by atoms with Gasteiger partial charge >= 0.3 is 0 Å². The Bertz CT molecular complexity index is 671. The highest BCUT2D eigenvalue weighted by Gasteiger charge is 2.10. The van der Waals surface area contributed by atoms with Gasteiger partial charge in [-0.3, -0.25) is 0 Å².